The molecule has 22 heavy (non-hydrogen) atoms. The van der Waals surface area contributed by atoms with Gasteiger partial charge >= 0.3 is 0 Å². The lowest BCUT2D eigenvalue weighted by Gasteiger charge is -2.06. The zero-order valence-corrected chi connectivity index (χ0v) is 13.1. The number of ether oxygens (including phenoxy) is 1. The summed E-state index contributed by atoms with van der Waals surface area (Å²) in [5.74, 6) is 0.567. The van der Waals surface area contributed by atoms with Crippen molar-refractivity contribution in [3.05, 3.63) is 35.7 Å². The molecule has 0 saturated heterocycles. The van der Waals surface area contributed by atoms with Gasteiger partial charge in [0.1, 0.15) is 5.75 Å². The van der Waals surface area contributed by atoms with Crippen molar-refractivity contribution in [2.75, 3.05) is 27.2 Å². The average Bonchev–Trinajstić information content (AvgIpc) is 2.93. The molecule has 0 aliphatic rings. The number of hydrogen-bond acceptors (Lipinski definition) is 5. The number of rotatable bonds is 7. The molecule has 2 N–H and O–H groups in total. The highest BCUT2D eigenvalue weighted by Crippen LogP contribution is 2.16. The summed E-state index contributed by atoms with van der Waals surface area (Å²) in [7, 11) is 3.50. The van der Waals surface area contributed by atoms with Crippen LogP contribution in [-0.4, -0.2) is 48.1 Å². The molecule has 1 aromatic carbocycles. The molecule has 0 aliphatic heterocycles. The van der Waals surface area contributed by atoms with Crippen molar-refractivity contribution in [1.29, 1.82) is 0 Å². The second kappa shape index (κ2) is 7.56. The molecule has 0 fully saturated rings. The van der Waals surface area contributed by atoms with E-state index in [1.54, 1.807) is 11.8 Å². The number of amides is 1. The van der Waals surface area contributed by atoms with E-state index in [1.807, 2.05) is 38.2 Å². The quantitative estimate of drug-likeness (QED) is 0.744. The van der Waals surface area contributed by atoms with E-state index in [1.165, 1.54) is 0 Å². The molecule has 1 amide bonds. The van der Waals surface area contributed by atoms with Gasteiger partial charge in [-0.3, -0.25) is 4.79 Å². The molecular formula is C15H21N5O2. The molecule has 0 radical (unpaired) electrons. The third kappa shape index (κ3) is 3.62. The van der Waals surface area contributed by atoms with Gasteiger partial charge in [0.15, 0.2) is 5.69 Å². The van der Waals surface area contributed by atoms with E-state index < -0.39 is 0 Å². The summed E-state index contributed by atoms with van der Waals surface area (Å²) in [6.07, 6.45) is 0.869. The van der Waals surface area contributed by atoms with Crippen molar-refractivity contribution in [1.82, 2.24) is 25.6 Å². The predicted molar refractivity (Wildman–Crippen MR) is 83.5 cm³/mol. The highest BCUT2D eigenvalue weighted by atomic mass is 16.5. The van der Waals surface area contributed by atoms with Crippen LogP contribution in [0.25, 0.3) is 5.69 Å². The lowest BCUT2D eigenvalue weighted by Crippen LogP contribution is -2.27. The zero-order chi connectivity index (χ0) is 15.9. The largest absolute Gasteiger partial charge is 0.497 e. The van der Waals surface area contributed by atoms with Crippen molar-refractivity contribution in [2.24, 2.45) is 0 Å². The summed E-state index contributed by atoms with van der Waals surface area (Å²) >= 11 is 0. The molecule has 1 heterocycles. The molecule has 118 valence electrons. The summed E-state index contributed by atoms with van der Waals surface area (Å²) in [5, 5.41) is 13.9. The maximum absolute atomic E-state index is 12.1. The normalized spacial score (nSPS) is 10.5. The fraction of sp³-hybridized carbons (Fsp3) is 0.400. The lowest BCUT2D eigenvalue weighted by atomic mass is 10.2. The van der Waals surface area contributed by atoms with Crippen LogP contribution in [0.15, 0.2) is 24.3 Å². The summed E-state index contributed by atoms with van der Waals surface area (Å²) < 4.78 is 6.77. The van der Waals surface area contributed by atoms with Crippen LogP contribution in [0, 0.1) is 6.92 Å². The number of carbonyl (C=O) groups excluding carboxylic acids is 1. The highest BCUT2D eigenvalue weighted by Gasteiger charge is 2.16. The SMILES string of the molecule is CNCCCNC(=O)c1nnn(-c2ccc(OC)cc2)c1C. The molecular weight excluding hydrogens is 282 g/mol. The van der Waals surface area contributed by atoms with Gasteiger partial charge in [-0.05, 0) is 51.2 Å². The molecule has 0 aliphatic carbocycles. The van der Waals surface area contributed by atoms with Gasteiger partial charge in [0.2, 0.25) is 0 Å². The number of aromatic nitrogens is 3. The topological polar surface area (TPSA) is 81.1 Å². The molecule has 2 aromatic rings. The molecule has 0 unspecified atom stereocenters. The Morgan fingerprint density at radius 1 is 1.27 bits per heavy atom. The Morgan fingerprint density at radius 2 is 2.00 bits per heavy atom. The van der Waals surface area contributed by atoms with E-state index in [-0.39, 0.29) is 5.91 Å². The molecule has 2 rings (SSSR count). The maximum atomic E-state index is 12.1. The standard InChI is InChI=1S/C15H21N5O2/c1-11-14(15(21)17-10-4-9-16-2)18-19-20(11)12-5-7-13(22-3)8-6-12/h5-8,16H,4,9-10H2,1-3H3,(H,17,21). The number of benzene rings is 1. The molecule has 1 aromatic heterocycles. The number of hydrogen-bond donors (Lipinski definition) is 2. The van der Waals surface area contributed by atoms with E-state index in [0.717, 1.165) is 24.4 Å². The van der Waals surface area contributed by atoms with Crippen molar-refractivity contribution in [3.63, 3.8) is 0 Å². The smallest absolute Gasteiger partial charge is 0.273 e. The zero-order valence-electron chi connectivity index (χ0n) is 13.1. The summed E-state index contributed by atoms with van der Waals surface area (Å²) in [6, 6.07) is 7.42. The Balaban J connectivity index is 2.09. The fourth-order valence-corrected chi connectivity index (χ4v) is 2.06. The molecule has 0 saturated carbocycles. The molecule has 7 nitrogen and oxygen atoms in total. The van der Waals surface area contributed by atoms with E-state index in [4.69, 9.17) is 4.74 Å². The Bertz CT molecular complexity index is 621. The van der Waals surface area contributed by atoms with E-state index in [9.17, 15) is 4.79 Å². The van der Waals surface area contributed by atoms with Crippen molar-refractivity contribution >= 4 is 5.91 Å². The monoisotopic (exact) mass is 303 g/mol. The van der Waals surface area contributed by atoms with Gasteiger partial charge in [0, 0.05) is 6.54 Å². The van der Waals surface area contributed by atoms with Gasteiger partial charge in [0.25, 0.3) is 5.91 Å². The van der Waals surface area contributed by atoms with Gasteiger partial charge in [0.05, 0.1) is 18.5 Å². The molecule has 7 heteroatoms. The number of nitrogens with zero attached hydrogens (tertiary/aromatic N) is 3. The lowest BCUT2D eigenvalue weighted by molar-refractivity contribution is 0.0947. The van der Waals surface area contributed by atoms with Gasteiger partial charge in [-0.2, -0.15) is 0 Å². The summed E-state index contributed by atoms with van der Waals surface area (Å²) in [5.41, 5.74) is 1.89. The summed E-state index contributed by atoms with van der Waals surface area (Å²) in [4.78, 5) is 12.1. The van der Waals surface area contributed by atoms with Crippen LogP contribution in [0.1, 0.15) is 22.6 Å². The number of carbonyl (C=O) groups is 1. The Morgan fingerprint density at radius 3 is 2.64 bits per heavy atom. The van der Waals surface area contributed by atoms with E-state index in [0.29, 0.717) is 17.9 Å². The fourth-order valence-electron chi connectivity index (χ4n) is 2.06. The van der Waals surface area contributed by atoms with Crippen LogP contribution in [-0.2, 0) is 0 Å². The first-order valence-corrected chi connectivity index (χ1v) is 7.17. The second-order valence-corrected chi connectivity index (χ2v) is 4.85. The van der Waals surface area contributed by atoms with Crippen LogP contribution >= 0.6 is 0 Å². The Hall–Kier alpha value is -2.41. The summed E-state index contributed by atoms with van der Waals surface area (Å²) in [6.45, 7) is 3.29. The molecule has 0 spiro atoms. The van der Waals surface area contributed by atoms with Gasteiger partial charge in [-0.1, -0.05) is 5.21 Å². The predicted octanol–water partition coefficient (Wildman–Crippen LogP) is 0.924. The first-order chi connectivity index (χ1) is 10.7. The third-order valence-corrected chi connectivity index (χ3v) is 3.32. The number of methoxy groups -OCH3 is 1. The third-order valence-electron chi connectivity index (χ3n) is 3.32. The van der Waals surface area contributed by atoms with Gasteiger partial charge in [-0.25, -0.2) is 4.68 Å². The average molecular weight is 303 g/mol. The van der Waals surface area contributed by atoms with Gasteiger partial charge < -0.3 is 15.4 Å². The molecule has 0 atom stereocenters. The van der Waals surface area contributed by atoms with Crippen molar-refractivity contribution in [3.8, 4) is 11.4 Å². The first kappa shape index (κ1) is 16.0. The molecule has 0 bridgehead atoms. The van der Waals surface area contributed by atoms with Gasteiger partial charge in [-0.15, -0.1) is 5.10 Å². The first-order valence-electron chi connectivity index (χ1n) is 7.17. The van der Waals surface area contributed by atoms with Crippen LogP contribution in [0.4, 0.5) is 0 Å². The minimum Gasteiger partial charge on any atom is -0.497 e. The van der Waals surface area contributed by atoms with Crippen LogP contribution in [0.5, 0.6) is 5.75 Å². The van der Waals surface area contributed by atoms with Crippen LogP contribution in [0.2, 0.25) is 0 Å². The van der Waals surface area contributed by atoms with Crippen molar-refractivity contribution < 1.29 is 9.53 Å². The van der Waals surface area contributed by atoms with E-state index >= 15 is 0 Å². The van der Waals surface area contributed by atoms with Crippen LogP contribution in [0.3, 0.4) is 0 Å². The maximum Gasteiger partial charge on any atom is 0.273 e. The Kier molecular flexibility index (Phi) is 5.48. The number of nitrogens with one attached hydrogen (secondary N) is 2. The minimum absolute atomic E-state index is 0.201. The van der Waals surface area contributed by atoms with E-state index in [2.05, 4.69) is 20.9 Å². The van der Waals surface area contributed by atoms with Crippen LogP contribution < -0.4 is 15.4 Å². The Labute approximate surface area is 129 Å². The minimum atomic E-state index is -0.201. The second-order valence-electron chi connectivity index (χ2n) is 4.85. The highest BCUT2D eigenvalue weighted by molar-refractivity contribution is 5.93. The van der Waals surface area contributed by atoms with Crippen molar-refractivity contribution in [2.45, 2.75) is 13.3 Å².